The monoisotopic (exact) mass is 264 g/mol. The van der Waals surface area contributed by atoms with Crippen molar-refractivity contribution in [3.63, 3.8) is 0 Å². The molecule has 1 atom stereocenters. The van der Waals surface area contributed by atoms with E-state index < -0.39 is 10.2 Å². The van der Waals surface area contributed by atoms with Gasteiger partial charge in [-0.15, -0.1) is 0 Å². The molecule has 0 aromatic rings. The van der Waals surface area contributed by atoms with Crippen molar-refractivity contribution in [3.05, 3.63) is 0 Å². The Bertz CT molecular complexity index is 355. The predicted molar refractivity (Wildman–Crippen MR) is 63.5 cm³/mol. The average molecular weight is 264 g/mol. The average Bonchev–Trinajstić information content (AvgIpc) is 2.35. The van der Waals surface area contributed by atoms with Gasteiger partial charge in [0.2, 0.25) is 0 Å². The Balaban J connectivity index is 2.63. The van der Waals surface area contributed by atoms with E-state index in [1.54, 1.807) is 0 Å². The van der Waals surface area contributed by atoms with E-state index in [0.717, 1.165) is 6.42 Å². The number of hydrogen-bond acceptors (Lipinski definition) is 4. The normalized spacial score (nSPS) is 22.4. The number of ether oxygens (including phenoxy) is 1. The fraction of sp³-hybridized carbons (Fsp3) is 0.900. The number of nitrogens with one attached hydrogen (secondary N) is 1. The quantitative estimate of drug-likeness (QED) is 0.715. The highest BCUT2D eigenvalue weighted by molar-refractivity contribution is 7.87. The Kier molecular flexibility index (Phi) is 5.35. The topological polar surface area (TPSA) is 75.7 Å². The van der Waals surface area contributed by atoms with Gasteiger partial charge in [0.05, 0.1) is 13.0 Å². The van der Waals surface area contributed by atoms with E-state index in [9.17, 15) is 13.2 Å². The summed E-state index contributed by atoms with van der Waals surface area (Å²) in [5, 5.41) is 0. The number of methoxy groups -OCH3 is 1. The van der Waals surface area contributed by atoms with Crippen LogP contribution in [-0.2, 0) is 19.7 Å². The van der Waals surface area contributed by atoms with Gasteiger partial charge < -0.3 is 4.74 Å². The molecule has 1 aliphatic rings. The minimum absolute atomic E-state index is 0.214. The third kappa shape index (κ3) is 3.93. The van der Waals surface area contributed by atoms with Crippen LogP contribution in [0.15, 0.2) is 0 Å². The first-order valence-corrected chi connectivity index (χ1v) is 7.27. The van der Waals surface area contributed by atoms with Crippen molar-refractivity contribution in [2.45, 2.75) is 26.2 Å². The van der Waals surface area contributed by atoms with E-state index in [1.807, 2.05) is 6.92 Å². The standard InChI is InChI=1S/C10H20N2O4S/c1-3-6-11-17(14,15)12-7-4-5-9(8-12)10(13)16-2/h9,11H,3-8H2,1-2H3/t9-/m0/s1. The molecule has 1 saturated heterocycles. The van der Waals surface area contributed by atoms with Gasteiger partial charge in [0.15, 0.2) is 0 Å². The molecule has 1 N–H and O–H groups in total. The van der Waals surface area contributed by atoms with Crippen molar-refractivity contribution < 1.29 is 17.9 Å². The highest BCUT2D eigenvalue weighted by Crippen LogP contribution is 2.19. The smallest absolute Gasteiger partial charge is 0.309 e. The molecule has 17 heavy (non-hydrogen) atoms. The number of nitrogens with zero attached hydrogens (tertiary/aromatic N) is 1. The van der Waals surface area contributed by atoms with E-state index in [-0.39, 0.29) is 18.4 Å². The number of carbonyl (C=O) groups excluding carboxylic acids is 1. The molecular formula is C10H20N2O4S. The molecule has 0 spiro atoms. The van der Waals surface area contributed by atoms with Gasteiger partial charge in [-0.1, -0.05) is 6.92 Å². The molecule has 0 unspecified atom stereocenters. The Morgan fingerprint density at radius 2 is 2.24 bits per heavy atom. The first-order chi connectivity index (χ1) is 8.01. The van der Waals surface area contributed by atoms with E-state index in [4.69, 9.17) is 0 Å². The second kappa shape index (κ2) is 6.32. The number of esters is 1. The summed E-state index contributed by atoms with van der Waals surface area (Å²) in [5.41, 5.74) is 0. The van der Waals surface area contributed by atoms with Crippen molar-refractivity contribution in [2.24, 2.45) is 5.92 Å². The largest absolute Gasteiger partial charge is 0.469 e. The van der Waals surface area contributed by atoms with E-state index in [2.05, 4.69) is 9.46 Å². The maximum Gasteiger partial charge on any atom is 0.309 e. The minimum Gasteiger partial charge on any atom is -0.469 e. The summed E-state index contributed by atoms with van der Waals surface area (Å²) in [7, 11) is -2.12. The van der Waals surface area contributed by atoms with Crippen LogP contribution >= 0.6 is 0 Å². The molecule has 100 valence electrons. The summed E-state index contributed by atoms with van der Waals surface area (Å²) in [6.07, 6.45) is 2.12. The summed E-state index contributed by atoms with van der Waals surface area (Å²) in [6.45, 7) is 3.00. The zero-order chi connectivity index (χ0) is 12.9. The Morgan fingerprint density at radius 3 is 2.82 bits per heavy atom. The van der Waals surface area contributed by atoms with Crippen LogP contribution < -0.4 is 4.72 Å². The number of piperidine rings is 1. The zero-order valence-corrected chi connectivity index (χ0v) is 11.1. The lowest BCUT2D eigenvalue weighted by molar-refractivity contribution is -0.146. The lowest BCUT2D eigenvalue weighted by atomic mass is 10.0. The maximum absolute atomic E-state index is 11.9. The molecule has 1 aliphatic heterocycles. The predicted octanol–water partition coefficient (Wildman–Crippen LogP) is 0.116. The summed E-state index contributed by atoms with van der Waals surface area (Å²) < 4.78 is 32.2. The van der Waals surface area contributed by atoms with E-state index >= 15 is 0 Å². The molecule has 7 heteroatoms. The van der Waals surface area contributed by atoms with Crippen LogP contribution in [0.2, 0.25) is 0 Å². The molecule has 6 nitrogen and oxygen atoms in total. The first kappa shape index (κ1) is 14.4. The number of hydrogen-bond donors (Lipinski definition) is 1. The van der Waals surface area contributed by atoms with Crippen molar-refractivity contribution in [3.8, 4) is 0 Å². The van der Waals surface area contributed by atoms with Gasteiger partial charge in [0, 0.05) is 19.6 Å². The molecule has 1 rings (SSSR count). The van der Waals surface area contributed by atoms with Crippen molar-refractivity contribution >= 4 is 16.2 Å². The molecule has 1 fully saturated rings. The zero-order valence-electron chi connectivity index (χ0n) is 10.3. The Labute approximate surface area is 102 Å². The second-order valence-electron chi connectivity index (χ2n) is 4.12. The lowest BCUT2D eigenvalue weighted by Crippen LogP contribution is -2.47. The van der Waals surface area contributed by atoms with Crippen LogP contribution in [0.1, 0.15) is 26.2 Å². The highest BCUT2D eigenvalue weighted by Gasteiger charge is 2.32. The third-order valence-electron chi connectivity index (χ3n) is 2.79. The SMILES string of the molecule is CCCNS(=O)(=O)N1CCC[C@H](C(=O)OC)C1. The summed E-state index contributed by atoms with van der Waals surface area (Å²) in [5.74, 6) is -0.674. The number of carbonyl (C=O) groups is 1. The molecule has 0 aliphatic carbocycles. The van der Waals surface area contributed by atoms with Crippen molar-refractivity contribution in [1.29, 1.82) is 0 Å². The van der Waals surface area contributed by atoms with Crippen molar-refractivity contribution in [2.75, 3.05) is 26.7 Å². The molecule has 0 aromatic carbocycles. The molecule has 0 radical (unpaired) electrons. The Hall–Kier alpha value is -0.660. The van der Waals surface area contributed by atoms with Gasteiger partial charge in [0.25, 0.3) is 10.2 Å². The lowest BCUT2D eigenvalue weighted by Gasteiger charge is -2.30. The fourth-order valence-corrected chi connectivity index (χ4v) is 3.23. The summed E-state index contributed by atoms with van der Waals surface area (Å²) in [6, 6.07) is 0. The molecular weight excluding hydrogens is 244 g/mol. The summed E-state index contributed by atoms with van der Waals surface area (Å²) in [4.78, 5) is 11.4. The van der Waals surface area contributed by atoms with Gasteiger partial charge in [-0.25, -0.2) is 4.72 Å². The molecule has 1 heterocycles. The van der Waals surface area contributed by atoms with Gasteiger partial charge in [-0.05, 0) is 19.3 Å². The van der Waals surface area contributed by atoms with Crippen molar-refractivity contribution in [1.82, 2.24) is 9.03 Å². The van der Waals surface area contributed by atoms with E-state index in [0.29, 0.717) is 25.9 Å². The van der Waals surface area contributed by atoms with Gasteiger partial charge in [0.1, 0.15) is 0 Å². The second-order valence-corrected chi connectivity index (χ2v) is 5.87. The minimum atomic E-state index is -3.44. The molecule has 0 saturated carbocycles. The molecule has 0 bridgehead atoms. The molecule has 0 amide bonds. The molecule has 0 aromatic heterocycles. The van der Waals surface area contributed by atoms with Crippen LogP contribution in [0.4, 0.5) is 0 Å². The Morgan fingerprint density at radius 1 is 1.53 bits per heavy atom. The summed E-state index contributed by atoms with van der Waals surface area (Å²) >= 11 is 0. The maximum atomic E-state index is 11.9. The van der Waals surface area contributed by atoms with Crippen LogP contribution in [0.5, 0.6) is 0 Å². The van der Waals surface area contributed by atoms with Gasteiger partial charge >= 0.3 is 5.97 Å². The van der Waals surface area contributed by atoms with Crippen LogP contribution in [-0.4, -0.2) is 45.4 Å². The van der Waals surface area contributed by atoms with Gasteiger partial charge in [-0.2, -0.15) is 12.7 Å². The van der Waals surface area contributed by atoms with Gasteiger partial charge in [-0.3, -0.25) is 4.79 Å². The van der Waals surface area contributed by atoms with Crippen LogP contribution in [0, 0.1) is 5.92 Å². The third-order valence-corrected chi connectivity index (χ3v) is 4.37. The van der Waals surface area contributed by atoms with Crippen LogP contribution in [0.25, 0.3) is 0 Å². The number of rotatable bonds is 5. The van der Waals surface area contributed by atoms with E-state index in [1.165, 1.54) is 11.4 Å². The van der Waals surface area contributed by atoms with Crippen LogP contribution in [0.3, 0.4) is 0 Å². The fourth-order valence-electron chi connectivity index (χ4n) is 1.84. The highest BCUT2D eigenvalue weighted by atomic mass is 32.2. The first-order valence-electron chi connectivity index (χ1n) is 5.83.